The van der Waals surface area contributed by atoms with Crippen LogP contribution in [-0.4, -0.2) is 26.7 Å². The minimum absolute atomic E-state index is 0.0429. The van der Waals surface area contributed by atoms with Gasteiger partial charge in [0, 0.05) is 18.3 Å². The molecule has 1 aliphatic heterocycles. The third-order valence-electron chi connectivity index (χ3n) is 3.16. The first-order valence-electron chi connectivity index (χ1n) is 6.82. The van der Waals surface area contributed by atoms with Crippen LogP contribution >= 0.6 is 0 Å². The van der Waals surface area contributed by atoms with E-state index in [1.807, 2.05) is 0 Å². The van der Waals surface area contributed by atoms with Crippen LogP contribution in [0.2, 0.25) is 0 Å². The van der Waals surface area contributed by atoms with E-state index in [-0.39, 0.29) is 17.2 Å². The van der Waals surface area contributed by atoms with Crippen molar-refractivity contribution in [3.63, 3.8) is 0 Å². The first-order valence-corrected chi connectivity index (χ1v) is 6.82. The number of nitro groups is 2. The van der Waals surface area contributed by atoms with E-state index in [9.17, 15) is 25.0 Å². The van der Waals surface area contributed by atoms with Gasteiger partial charge >= 0.3 is 5.97 Å². The fourth-order valence-electron chi connectivity index (χ4n) is 2.06. The molecule has 0 aliphatic carbocycles. The Morgan fingerprint density at radius 3 is 2.28 bits per heavy atom. The highest BCUT2D eigenvalue weighted by atomic mass is 16.6. The number of aromatic nitrogens is 1. The second-order valence-electron chi connectivity index (χ2n) is 4.84. The number of nitro benzene ring substituents is 2. The van der Waals surface area contributed by atoms with Crippen molar-refractivity contribution >= 4 is 29.3 Å². The normalized spacial score (nSPS) is 15.0. The Morgan fingerprint density at radius 2 is 1.72 bits per heavy atom. The number of hydrogen-bond donors (Lipinski definition) is 0. The van der Waals surface area contributed by atoms with E-state index in [2.05, 4.69) is 9.98 Å². The molecule has 2 aromatic rings. The summed E-state index contributed by atoms with van der Waals surface area (Å²) in [5.74, 6) is -1.03. The van der Waals surface area contributed by atoms with E-state index in [4.69, 9.17) is 4.74 Å². The van der Waals surface area contributed by atoms with Gasteiger partial charge in [-0.05, 0) is 18.2 Å². The zero-order chi connectivity index (χ0) is 18.0. The van der Waals surface area contributed by atoms with Crippen LogP contribution in [0.5, 0.6) is 0 Å². The number of pyridine rings is 1. The molecule has 3 rings (SSSR count). The standard InChI is InChI=1S/C15H8N4O6/c20-15-13(7-10-3-1-2-4-16-10)17-14(25-15)9-5-11(18(21)22)8-12(6-9)19(23)24/h1-8H. The summed E-state index contributed by atoms with van der Waals surface area (Å²) in [6.07, 6.45) is 2.91. The topological polar surface area (TPSA) is 138 Å². The Bertz CT molecular complexity index is 919. The molecule has 1 aromatic heterocycles. The Balaban J connectivity index is 2.03. The summed E-state index contributed by atoms with van der Waals surface area (Å²) in [4.78, 5) is 40.2. The zero-order valence-electron chi connectivity index (χ0n) is 12.4. The van der Waals surface area contributed by atoms with Gasteiger partial charge in [-0.25, -0.2) is 9.79 Å². The molecule has 0 atom stereocenters. The average Bonchev–Trinajstić information content (AvgIpc) is 2.96. The number of carbonyl (C=O) groups is 1. The van der Waals surface area contributed by atoms with Gasteiger partial charge in [-0.3, -0.25) is 25.2 Å². The predicted molar refractivity (Wildman–Crippen MR) is 84.6 cm³/mol. The number of cyclic esters (lactones) is 1. The molecule has 0 unspecified atom stereocenters. The van der Waals surface area contributed by atoms with Gasteiger partial charge in [-0.15, -0.1) is 0 Å². The van der Waals surface area contributed by atoms with Crippen molar-refractivity contribution in [2.24, 2.45) is 4.99 Å². The maximum atomic E-state index is 11.9. The Hall–Kier alpha value is -3.95. The number of ether oxygens (including phenoxy) is 1. The van der Waals surface area contributed by atoms with Crippen molar-refractivity contribution in [1.82, 2.24) is 4.98 Å². The van der Waals surface area contributed by atoms with Crippen molar-refractivity contribution in [3.05, 3.63) is 79.8 Å². The smallest absolute Gasteiger partial charge is 0.363 e. The summed E-state index contributed by atoms with van der Waals surface area (Å²) in [6.45, 7) is 0. The molecule has 10 nitrogen and oxygen atoms in total. The number of rotatable bonds is 4. The molecule has 0 bridgehead atoms. The number of esters is 1. The molecule has 2 heterocycles. The van der Waals surface area contributed by atoms with Crippen molar-refractivity contribution in [3.8, 4) is 0 Å². The zero-order valence-corrected chi connectivity index (χ0v) is 12.4. The number of carbonyl (C=O) groups excluding carboxylic acids is 1. The van der Waals surface area contributed by atoms with Crippen molar-refractivity contribution in [2.45, 2.75) is 0 Å². The summed E-state index contributed by atoms with van der Waals surface area (Å²) in [5, 5.41) is 21.9. The quantitative estimate of drug-likeness (QED) is 0.360. The fraction of sp³-hybridized carbons (Fsp3) is 0. The van der Waals surface area contributed by atoms with Gasteiger partial charge in [0.05, 0.1) is 27.2 Å². The molecule has 1 aromatic carbocycles. The Morgan fingerprint density at radius 1 is 1.04 bits per heavy atom. The lowest BCUT2D eigenvalue weighted by atomic mass is 10.1. The SMILES string of the molecule is O=C1OC(c2cc([N+](=O)[O-])cc([N+](=O)[O-])c2)=NC1=Cc1ccccn1. The van der Waals surface area contributed by atoms with Crippen molar-refractivity contribution < 1.29 is 19.4 Å². The maximum absolute atomic E-state index is 11.9. The monoisotopic (exact) mass is 340 g/mol. The summed E-state index contributed by atoms with van der Waals surface area (Å²) < 4.78 is 4.97. The van der Waals surface area contributed by atoms with Crippen LogP contribution in [0.1, 0.15) is 11.3 Å². The van der Waals surface area contributed by atoms with Gasteiger partial charge in [0.2, 0.25) is 5.90 Å². The van der Waals surface area contributed by atoms with Crippen molar-refractivity contribution in [1.29, 1.82) is 0 Å². The highest BCUT2D eigenvalue weighted by Gasteiger charge is 2.27. The molecule has 0 fully saturated rings. The average molecular weight is 340 g/mol. The summed E-state index contributed by atoms with van der Waals surface area (Å²) in [6, 6.07) is 7.96. The molecular formula is C15H8N4O6. The first kappa shape index (κ1) is 15.9. The van der Waals surface area contributed by atoms with Crippen LogP contribution in [0.4, 0.5) is 11.4 Å². The molecule has 124 valence electrons. The van der Waals surface area contributed by atoms with Gasteiger partial charge in [-0.2, -0.15) is 0 Å². The second-order valence-corrected chi connectivity index (χ2v) is 4.84. The van der Waals surface area contributed by atoms with Crippen LogP contribution in [0.3, 0.4) is 0 Å². The Kier molecular flexibility index (Phi) is 4.00. The van der Waals surface area contributed by atoms with Gasteiger partial charge in [0.1, 0.15) is 0 Å². The molecular weight excluding hydrogens is 332 g/mol. The molecule has 0 saturated carbocycles. The molecule has 25 heavy (non-hydrogen) atoms. The number of aliphatic imine (C=N–C) groups is 1. The van der Waals surface area contributed by atoms with E-state index in [0.29, 0.717) is 5.69 Å². The fourth-order valence-corrected chi connectivity index (χ4v) is 2.06. The molecule has 10 heteroatoms. The van der Waals surface area contributed by atoms with Crippen LogP contribution in [0.15, 0.2) is 53.3 Å². The van der Waals surface area contributed by atoms with Crippen LogP contribution in [0, 0.1) is 20.2 Å². The Labute approximate surface area is 139 Å². The summed E-state index contributed by atoms with van der Waals surface area (Å²) >= 11 is 0. The largest absolute Gasteiger partial charge is 0.402 e. The molecule has 1 aliphatic rings. The minimum atomic E-state index is -0.783. The lowest BCUT2D eigenvalue weighted by Gasteiger charge is -2.00. The predicted octanol–water partition coefficient (Wildman–Crippen LogP) is 2.24. The van der Waals surface area contributed by atoms with E-state index in [1.165, 1.54) is 12.3 Å². The number of hydrogen-bond acceptors (Lipinski definition) is 8. The highest BCUT2D eigenvalue weighted by Crippen LogP contribution is 2.26. The van der Waals surface area contributed by atoms with E-state index in [1.54, 1.807) is 18.2 Å². The van der Waals surface area contributed by atoms with Gasteiger partial charge in [-0.1, -0.05) is 6.07 Å². The third-order valence-corrected chi connectivity index (χ3v) is 3.16. The molecule has 0 radical (unpaired) electrons. The van der Waals surface area contributed by atoms with Crippen molar-refractivity contribution in [2.75, 3.05) is 0 Å². The van der Waals surface area contributed by atoms with E-state index < -0.39 is 27.2 Å². The number of nitrogens with zero attached hydrogens (tertiary/aromatic N) is 4. The van der Waals surface area contributed by atoms with Gasteiger partial charge in [0.25, 0.3) is 11.4 Å². The number of non-ortho nitro benzene ring substituents is 2. The van der Waals surface area contributed by atoms with Crippen LogP contribution in [0.25, 0.3) is 6.08 Å². The highest BCUT2D eigenvalue weighted by molar-refractivity contribution is 6.13. The molecule has 0 amide bonds. The lowest BCUT2D eigenvalue weighted by Crippen LogP contribution is -2.06. The number of benzene rings is 1. The summed E-state index contributed by atoms with van der Waals surface area (Å²) in [7, 11) is 0. The van der Waals surface area contributed by atoms with E-state index in [0.717, 1.165) is 18.2 Å². The molecule has 0 N–H and O–H groups in total. The van der Waals surface area contributed by atoms with Gasteiger partial charge < -0.3 is 4.74 Å². The van der Waals surface area contributed by atoms with Gasteiger partial charge in [0.15, 0.2) is 5.70 Å². The second kappa shape index (κ2) is 6.28. The first-order chi connectivity index (χ1) is 11.9. The molecule has 0 spiro atoms. The van der Waals surface area contributed by atoms with Crippen LogP contribution in [-0.2, 0) is 9.53 Å². The minimum Gasteiger partial charge on any atom is -0.402 e. The summed E-state index contributed by atoms with van der Waals surface area (Å²) in [5.41, 5.74) is -0.666. The molecule has 0 saturated heterocycles. The maximum Gasteiger partial charge on any atom is 0.363 e. The lowest BCUT2D eigenvalue weighted by molar-refractivity contribution is -0.394. The van der Waals surface area contributed by atoms with Crippen LogP contribution < -0.4 is 0 Å². The van der Waals surface area contributed by atoms with E-state index >= 15 is 0 Å². The third kappa shape index (κ3) is 3.37.